The molecule has 1 aliphatic heterocycles. The van der Waals surface area contributed by atoms with Gasteiger partial charge < -0.3 is 4.74 Å². The molecule has 41 heavy (non-hydrogen) atoms. The van der Waals surface area contributed by atoms with Crippen LogP contribution < -0.4 is 0 Å². The number of alkyl halides is 3. The van der Waals surface area contributed by atoms with Crippen molar-refractivity contribution in [2.45, 2.75) is 44.3 Å². The fraction of sp³-hybridized carbons (Fsp3) is 0.343. The maximum absolute atomic E-state index is 14.0. The molecule has 1 atom stereocenters. The van der Waals surface area contributed by atoms with E-state index in [4.69, 9.17) is 10.00 Å². The zero-order valence-electron chi connectivity index (χ0n) is 23.3. The highest BCUT2D eigenvalue weighted by molar-refractivity contribution is 5.71. The second-order valence-electron chi connectivity index (χ2n) is 11.7. The summed E-state index contributed by atoms with van der Waals surface area (Å²) in [6, 6.07) is 29.6. The second kappa shape index (κ2) is 12.1. The van der Waals surface area contributed by atoms with Crippen LogP contribution in [0.2, 0.25) is 0 Å². The van der Waals surface area contributed by atoms with Gasteiger partial charge in [0.05, 0.1) is 30.4 Å². The minimum Gasteiger partial charge on any atom is -0.380 e. The van der Waals surface area contributed by atoms with E-state index in [1.54, 1.807) is 24.3 Å². The number of allylic oxidation sites excluding steroid dienone is 3. The Bertz CT molecular complexity index is 1410. The van der Waals surface area contributed by atoms with Gasteiger partial charge >= 0.3 is 6.18 Å². The molecule has 0 radical (unpaired) electrons. The van der Waals surface area contributed by atoms with Crippen molar-refractivity contribution in [1.29, 1.82) is 5.26 Å². The number of halogens is 3. The fourth-order valence-corrected chi connectivity index (χ4v) is 6.11. The lowest BCUT2D eigenvalue weighted by molar-refractivity contribution is -0.0898. The molecule has 1 heterocycles. The van der Waals surface area contributed by atoms with Gasteiger partial charge in [0.2, 0.25) is 0 Å². The normalized spacial score (nSPS) is 21.0. The monoisotopic (exact) mass is 556 g/mol. The molecule has 0 saturated carbocycles. The summed E-state index contributed by atoms with van der Waals surface area (Å²) in [5.74, 6) is 0. The summed E-state index contributed by atoms with van der Waals surface area (Å²) in [7, 11) is 0. The standard InChI is InChI=1S/C35H35F3N2O/c1-33(21-30(20-32(22-33)35(36,37)38)29-14-12-27(23-39)13-15-29)25-41-26-34(31-10-6-3-7-11-31)16-18-40(19-17-34)24-28-8-4-2-5-9-28/h2-15,20,22H,16-19,21,24-26H2,1H3. The molecule has 3 nitrogen and oxygen atoms in total. The van der Waals surface area contributed by atoms with Crippen molar-refractivity contribution in [1.82, 2.24) is 4.90 Å². The predicted molar refractivity (Wildman–Crippen MR) is 156 cm³/mol. The van der Waals surface area contributed by atoms with E-state index in [9.17, 15) is 13.2 Å². The molecule has 5 rings (SSSR count). The summed E-state index contributed by atoms with van der Waals surface area (Å²) >= 11 is 0. The van der Waals surface area contributed by atoms with Crippen LogP contribution in [0.4, 0.5) is 13.2 Å². The van der Waals surface area contributed by atoms with Crippen molar-refractivity contribution in [3.63, 3.8) is 0 Å². The quantitative estimate of drug-likeness (QED) is 0.281. The summed E-state index contributed by atoms with van der Waals surface area (Å²) in [6.45, 7) is 5.23. The van der Waals surface area contributed by atoms with Gasteiger partial charge in [-0.15, -0.1) is 0 Å². The van der Waals surface area contributed by atoms with Gasteiger partial charge in [0.1, 0.15) is 0 Å². The number of ether oxygens (including phenoxy) is 1. The van der Waals surface area contributed by atoms with Crippen LogP contribution in [0.1, 0.15) is 48.4 Å². The third-order valence-corrected chi connectivity index (χ3v) is 8.40. The Morgan fingerprint density at radius 1 is 0.878 bits per heavy atom. The summed E-state index contributed by atoms with van der Waals surface area (Å²) in [5, 5.41) is 9.12. The Labute approximate surface area is 240 Å². The van der Waals surface area contributed by atoms with Crippen molar-refractivity contribution < 1.29 is 17.9 Å². The summed E-state index contributed by atoms with van der Waals surface area (Å²) in [5.41, 5.74) is 2.61. The fourth-order valence-electron chi connectivity index (χ4n) is 6.11. The number of benzene rings is 3. The Kier molecular flexibility index (Phi) is 8.49. The zero-order chi connectivity index (χ0) is 28.9. The molecule has 1 saturated heterocycles. The highest BCUT2D eigenvalue weighted by atomic mass is 19.4. The molecular weight excluding hydrogens is 521 g/mol. The van der Waals surface area contributed by atoms with Crippen LogP contribution in [0.5, 0.6) is 0 Å². The lowest BCUT2D eigenvalue weighted by atomic mass is 9.73. The van der Waals surface area contributed by atoms with E-state index in [1.807, 2.05) is 31.2 Å². The van der Waals surface area contributed by atoms with E-state index < -0.39 is 17.2 Å². The van der Waals surface area contributed by atoms with Gasteiger partial charge in [-0.1, -0.05) is 85.8 Å². The number of hydrogen-bond acceptors (Lipinski definition) is 3. The molecule has 0 amide bonds. The molecule has 3 aromatic rings. The van der Waals surface area contributed by atoms with Crippen LogP contribution >= 0.6 is 0 Å². The van der Waals surface area contributed by atoms with Gasteiger partial charge in [-0.2, -0.15) is 18.4 Å². The van der Waals surface area contributed by atoms with Crippen LogP contribution in [0.3, 0.4) is 0 Å². The third kappa shape index (κ3) is 6.98. The molecule has 1 fully saturated rings. The van der Waals surface area contributed by atoms with Gasteiger partial charge in [0, 0.05) is 17.4 Å². The molecule has 1 aliphatic carbocycles. The highest BCUT2D eigenvalue weighted by Crippen LogP contribution is 2.44. The smallest absolute Gasteiger partial charge is 0.380 e. The largest absolute Gasteiger partial charge is 0.416 e. The molecular formula is C35H35F3N2O. The third-order valence-electron chi connectivity index (χ3n) is 8.40. The Hall–Kier alpha value is -3.66. The van der Waals surface area contributed by atoms with E-state index in [1.165, 1.54) is 23.3 Å². The number of nitrogens with zero attached hydrogens (tertiary/aromatic N) is 2. The van der Waals surface area contributed by atoms with Crippen molar-refractivity contribution in [2.24, 2.45) is 5.41 Å². The molecule has 3 aromatic carbocycles. The highest BCUT2D eigenvalue weighted by Gasteiger charge is 2.41. The number of likely N-dealkylation sites (tertiary alicyclic amines) is 1. The van der Waals surface area contributed by atoms with Gasteiger partial charge in [-0.3, -0.25) is 4.90 Å². The zero-order valence-corrected chi connectivity index (χ0v) is 23.3. The van der Waals surface area contributed by atoms with E-state index in [-0.39, 0.29) is 12.0 Å². The number of rotatable bonds is 8. The predicted octanol–water partition coefficient (Wildman–Crippen LogP) is 8.09. The SMILES string of the molecule is CC1(COCC2(c3ccccc3)CCN(Cc3ccccc3)CC2)C=C(C(F)(F)F)C=C(c2ccc(C#N)cc2)C1. The van der Waals surface area contributed by atoms with Crippen LogP contribution in [0, 0.1) is 16.7 Å². The average Bonchev–Trinajstić information content (AvgIpc) is 2.98. The lowest BCUT2D eigenvalue weighted by Gasteiger charge is -2.43. The van der Waals surface area contributed by atoms with Crippen molar-refractivity contribution in [3.05, 3.63) is 125 Å². The molecule has 2 aliphatic rings. The number of hydrogen-bond donors (Lipinski definition) is 0. The number of nitriles is 1. The van der Waals surface area contributed by atoms with Gasteiger partial charge in [-0.05, 0) is 72.8 Å². The van der Waals surface area contributed by atoms with Crippen LogP contribution in [-0.2, 0) is 16.7 Å². The Balaban J connectivity index is 1.31. The first kappa shape index (κ1) is 28.9. The molecule has 0 bridgehead atoms. The summed E-state index contributed by atoms with van der Waals surface area (Å²) < 4.78 is 48.3. The maximum Gasteiger partial charge on any atom is 0.416 e. The van der Waals surface area contributed by atoms with E-state index in [0.29, 0.717) is 29.7 Å². The Morgan fingerprint density at radius 2 is 1.51 bits per heavy atom. The molecule has 6 heteroatoms. The van der Waals surface area contributed by atoms with Gasteiger partial charge in [0.25, 0.3) is 0 Å². The molecule has 1 unspecified atom stereocenters. The molecule has 0 aromatic heterocycles. The minimum atomic E-state index is -4.46. The Morgan fingerprint density at radius 3 is 2.12 bits per heavy atom. The topological polar surface area (TPSA) is 36.3 Å². The van der Waals surface area contributed by atoms with Crippen molar-refractivity contribution in [3.8, 4) is 6.07 Å². The molecule has 212 valence electrons. The summed E-state index contributed by atoms with van der Waals surface area (Å²) in [4.78, 5) is 2.46. The van der Waals surface area contributed by atoms with E-state index in [2.05, 4.69) is 47.4 Å². The summed E-state index contributed by atoms with van der Waals surface area (Å²) in [6.07, 6.45) is 0.355. The van der Waals surface area contributed by atoms with Crippen LogP contribution in [0.25, 0.3) is 5.57 Å². The van der Waals surface area contributed by atoms with Gasteiger partial charge in [0.15, 0.2) is 0 Å². The van der Waals surface area contributed by atoms with E-state index in [0.717, 1.165) is 32.5 Å². The van der Waals surface area contributed by atoms with E-state index >= 15 is 0 Å². The van der Waals surface area contributed by atoms with Crippen molar-refractivity contribution in [2.75, 3.05) is 26.3 Å². The number of piperidine rings is 1. The first-order valence-electron chi connectivity index (χ1n) is 14.1. The maximum atomic E-state index is 14.0. The second-order valence-corrected chi connectivity index (χ2v) is 11.7. The average molecular weight is 557 g/mol. The first-order chi connectivity index (χ1) is 19.7. The van der Waals surface area contributed by atoms with Crippen molar-refractivity contribution >= 4 is 5.57 Å². The van der Waals surface area contributed by atoms with Crippen LogP contribution in [0.15, 0.2) is 103 Å². The minimum absolute atomic E-state index is 0.183. The van der Waals surface area contributed by atoms with Gasteiger partial charge in [-0.25, -0.2) is 0 Å². The van der Waals surface area contributed by atoms with Crippen LogP contribution in [-0.4, -0.2) is 37.4 Å². The first-order valence-corrected chi connectivity index (χ1v) is 14.1. The molecule has 0 spiro atoms. The lowest BCUT2D eigenvalue weighted by Crippen LogP contribution is -2.45. The molecule has 0 N–H and O–H groups in total.